The van der Waals surface area contributed by atoms with Gasteiger partial charge in [0.25, 0.3) is 5.56 Å². The van der Waals surface area contributed by atoms with E-state index in [1.54, 1.807) is 18.8 Å². The van der Waals surface area contributed by atoms with Gasteiger partial charge in [0.05, 0.1) is 5.75 Å². The lowest BCUT2D eigenvalue weighted by molar-refractivity contribution is -0.113. The van der Waals surface area contributed by atoms with Gasteiger partial charge in [0.15, 0.2) is 5.16 Å². The number of nitrogens with one attached hydrogen (secondary N) is 1. The van der Waals surface area contributed by atoms with Crippen molar-refractivity contribution < 1.29 is 4.79 Å². The summed E-state index contributed by atoms with van der Waals surface area (Å²) >= 11 is 4.01. The number of fused-ring (bicyclic) bond motifs is 1. The summed E-state index contributed by atoms with van der Waals surface area (Å²) in [5, 5.41) is 3.38. The third-order valence-corrected chi connectivity index (χ3v) is 7.25. The lowest BCUT2D eigenvalue weighted by Crippen LogP contribution is -2.20. The molecule has 0 bridgehead atoms. The topological polar surface area (TPSA) is 76.9 Å². The lowest BCUT2D eigenvalue weighted by Gasteiger charge is -2.09. The first-order valence-corrected chi connectivity index (χ1v) is 12.4. The van der Waals surface area contributed by atoms with Crippen LogP contribution in [0.15, 0.2) is 63.4 Å². The molecule has 4 aromatic rings. The Labute approximate surface area is 192 Å². The van der Waals surface area contributed by atoms with E-state index in [4.69, 9.17) is 4.98 Å². The maximum absolute atomic E-state index is 12.8. The number of benzene rings is 2. The zero-order valence-electron chi connectivity index (χ0n) is 17.2. The fraction of sp³-hybridized carbons (Fsp3) is 0.182. The number of nitrogens with zero attached hydrogens (tertiary/aromatic N) is 3. The molecule has 2 aromatic carbocycles. The largest absolute Gasteiger partial charge is 0.325 e. The predicted octanol–water partition coefficient (Wildman–Crippen LogP) is 4.82. The zero-order chi connectivity index (χ0) is 22.0. The Morgan fingerprint density at radius 3 is 2.71 bits per heavy atom. The van der Waals surface area contributed by atoms with E-state index in [1.807, 2.05) is 61.7 Å². The molecule has 0 saturated carbocycles. The Morgan fingerprint density at radius 2 is 1.97 bits per heavy atom. The van der Waals surface area contributed by atoms with E-state index >= 15 is 0 Å². The van der Waals surface area contributed by atoms with Crippen LogP contribution in [0.25, 0.3) is 21.5 Å². The number of hydrogen-bond acceptors (Lipinski definition) is 7. The smallest absolute Gasteiger partial charge is 0.273 e. The summed E-state index contributed by atoms with van der Waals surface area (Å²) < 4.78 is 6.47. The molecule has 158 valence electrons. The van der Waals surface area contributed by atoms with Gasteiger partial charge in [-0.25, -0.2) is 4.98 Å². The molecule has 4 rings (SSSR count). The number of aryl methyl sites for hydroxylation is 1. The Morgan fingerprint density at radius 1 is 1.19 bits per heavy atom. The van der Waals surface area contributed by atoms with Crippen LogP contribution in [0.3, 0.4) is 0 Å². The van der Waals surface area contributed by atoms with Crippen LogP contribution >= 0.6 is 35.1 Å². The Kier molecular flexibility index (Phi) is 6.45. The molecule has 0 radical (unpaired) electrons. The molecule has 6 nitrogen and oxygen atoms in total. The number of carbonyl (C=O) groups excluding carboxylic acids is 1. The Bertz CT molecular complexity index is 1310. The quantitative estimate of drug-likeness (QED) is 0.323. The number of carbonyl (C=O) groups is 1. The SMILES string of the molecule is CSc1cccc(NC(=O)CSc2nc3c(-c4ccc(C)cc4)nsc3c(=O)n2C)c1. The van der Waals surface area contributed by atoms with Crippen LogP contribution in [0.5, 0.6) is 0 Å². The monoisotopic (exact) mass is 468 g/mol. The first-order chi connectivity index (χ1) is 15.0. The number of aromatic nitrogens is 3. The van der Waals surface area contributed by atoms with E-state index in [9.17, 15) is 9.59 Å². The van der Waals surface area contributed by atoms with Gasteiger partial charge in [0.1, 0.15) is 15.9 Å². The van der Waals surface area contributed by atoms with Crippen molar-refractivity contribution in [2.45, 2.75) is 17.0 Å². The molecule has 31 heavy (non-hydrogen) atoms. The number of hydrogen-bond donors (Lipinski definition) is 1. The van der Waals surface area contributed by atoms with Crippen molar-refractivity contribution in [3.05, 3.63) is 64.4 Å². The summed E-state index contributed by atoms with van der Waals surface area (Å²) in [7, 11) is 1.67. The van der Waals surface area contributed by atoms with E-state index in [-0.39, 0.29) is 17.2 Å². The Balaban J connectivity index is 1.58. The van der Waals surface area contributed by atoms with E-state index in [2.05, 4.69) is 9.69 Å². The molecule has 0 fully saturated rings. The fourth-order valence-electron chi connectivity index (χ4n) is 3.00. The predicted molar refractivity (Wildman–Crippen MR) is 130 cm³/mol. The molecule has 0 aliphatic carbocycles. The minimum absolute atomic E-state index is 0.146. The van der Waals surface area contributed by atoms with E-state index in [0.29, 0.717) is 21.1 Å². The molecule has 1 amide bonds. The maximum atomic E-state index is 12.8. The number of anilines is 1. The highest BCUT2D eigenvalue weighted by atomic mass is 32.2. The summed E-state index contributed by atoms with van der Waals surface area (Å²) in [6.45, 7) is 2.02. The van der Waals surface area contributed by atoms with Gasteiger partial charge in [-0.1, -0.05) is 47.7 Å². The third-order valence-electron chi connectivity index (χ3n) is 4.67. The molecule has 0 saturated heterocycles. The summed E-state index contributed by atoms with van der Waals surface area (Å²) in [4.78, 5) is 31.1. The van der Waals surface area contributed by atoms with Gasteiger partial charge in [-0.15, -0.1) is 11.8 Å². The Hall–Kier alpha value is -2.62. The minimum atomic E-state index is -0.156. The second-order valence-electron chi connectivity index (χ2n) is 6.90. The average Bonchev–Trinajstić information content (AvgIpc) is 3.20. The summed E-state index contributed by atoms with van der Waals surface area (Å²) in [6.07, 6.45) is 1.99. The highest BCUT2D eigenvalue weighted by molar-refractivity contribution is 7.99. The van der Waals surface area contributed by atoms with Crippen molar-refractivity contribution in [1.29, 1.82) is 0 Å². The lowest BCUT2D eigenvalue weighted by atomic mass is 10.1. The molecular formula is C22H20N4O2S3. The van der Waals surface area contributed by atoms with Crippen LogP contribution < -0.4 is 10.9 Å². The molecule has 0 spiro atoms. The number of rotatable bonds is 6. The van der Waals surface area contributed by atoms with Gasteiger partial charge >= 0.3 is 0 Å². The maximum Gasteiger partial charge on any atom is 0.273 e. The van der Waals surface area contributed by atoms with Crippen molar-refractivity contribution in [3.8, 4) is 11.3 Å². The summed E-state index contributed by atoms with van der Waals surface area (Å²) in [6, 6.07) is 15.7. The van der Waals surface area contributed by atoms with Crippen LogP contribution in [0.1, 0.15) is 5.56 Å². The molecule has 0 unspecified atom stereocenters. The first-order valence-electron chi connectivity index (χ1n) is 9.46. The van der Waals surface area contributed by atoms with E-state index in [1.165, 1.54) is 16.3 Å². The second kappa shape index (κ2) is 9.25. The molecule has 9 heteroatoms. The van der Waals surface area contributed by atoms with Gasteiger partial charge in [0.2, 0.25) is 5.91 Å². The number of amides is 1. The van der Waals surface area contributed by atoms with Crippen molar-refractivity contribution in [3.63, 3.8) is 0 Å². The van der Waals surface area contributed by atoms with Crippen LogP contribution in [0.4, 0.5) is 5.69 Å². The first kappa shape index (κ1) is 21.6. The summed E-state index contributed by atoms with van der Waals surface area (Å²) in [5.74, 6) is -0.00741. The van der Waals surface area contributed by atoms with Crippen LogP contribution in [-0.2, 0) is 11.8 Å². The summed E-state index contributed by atoms with van der Waals surface area (Å²) in [5.41, 5.74) is 3.93. The highest BCUT2D eigenvalue weighted by Gasteiger charge is 2.17. The molecule has 0 atom stereocenters. The van der Waals surface area contributed by atoms with Crippen molar-refractivity contribution in [1.82, 2.24) is 13.9 Å². The van der Waals surface area contributed by atoms with Crippen LogP contribution in [0.2, 0.25) is 0 Å². The molecule has 0 aliphatic heterocycles. The minimum Gasteiger partial charge on any atom is -0.325 e. The molecule has 2 aromatic heterocycles. The molecule has 0 aliphatic rings. The molecular weight excluding hydrogens is 448 g/mol. The van der Waals surface area contributed by atoms with E-state index < -0.39 is 0 Å². The van der Waals surface area contributed by atoms with Gasteiger partial charge in [-0.3, -0.25) is 14.2 Å². The van der Waals surface area contributed by atoms with Gasteiger partial charge in [-0.05, 0) is 42.9 Å². The highest BCUT2D eigenvalue weighted by Crippen LogP contribution is 2.29. The van der Waals surface area contributed by atoms with Crippen molar-refractivity contribution in [2.75, 3.05) is 17.3 Å². The van der Waals surface area contributed by atoms with Crippen molar-refractivity contribution >= 4 is 56.9 Å². The van der Waals surface area contributed by atoms with Crippen molar-refractivity contribution in [2.24, 2.45) is 7.05 Å². The third kappa shape index (κ3) is 4.68. The zero-order valence-corrected chi connectivity index (χ0v) is 19.7. The normalized spacial score (nSPS) is 11.1. The van der Waals surface area contributed by atoms with Crippen LogP contribution in [0, 0.1) is 6.92 Å². The second-order valence-corrected chi connectivity index (χ2v) is 9.50. The fourth-order valence-corrected chi connectivity index (χ4v) is 5.04. The molecule has 1 N–H and O–H groups in total. The van der Waals surface area contributed by atoms with Gasteiger partial charge in [0, 0.05) is 23.2 Å². The van der Waals surface area contributed by atoms with Crippen LogP contribution in [-0.4, -0.2) is 31.8 Å². The van der Waals surface area contributed by atoms with E-state index in [0.717, 1.165) is 33.2 Å². The van der Waals surface area contributed by atoms with Gasteiger partial charge in [-0.2, -0.15) is 4.37 Å². The molecule has 2 heterocycles. The average molecular weight is 469 g/mol. The van der Waals surface area contributed by atoms with Gasteiger partial charge < -0.3 is 5.32 Å². The standard InChI is InChI=1S/C22H20N4O2S3/c1-13-7-9-14(10-8-13)18-19-20(31-25-18)21(28)26(2)22(24-19)30-12-17(27)23-15-5-4-6-16(11-15)29-3/h4-11H,12H2,1-3H3,(H,23,27). The number of thioether (sulfide) groups is 2.